The van der Waals surface area contributed by atoms with Gasteiger partial charge in [0.15, 0.2) is 5.96 Å². The average Bonchev–Trinajstić information content (AvgIpc) is 2.24. The summed E-state index contributed by atoms with van der Waals surface area (Å²) in [5.41, 5.74) is 11.7. The van der Waals surface area contributed by atoms with Gasteiger partial charge in [0, 0.05) is 16.7 Å². The molecule has 0 spiro atoms. The molecule has 1 aromatic rings. The summed E-state index contributed by atoms with van der Waals surface area (Å²) in [6.45, 7) is 11.9. The standard InChI is InChI=1S/C16H25N3O2.ClH/c1-15(2,3)10-7-9(13(21)19-14(17)18)8-11(12(10)20)16(4,5)6;/h7-8,20H,1-6H3,(H4,17,18,19,21);1H. The molecule has 0 bridgehead atoms. The van der Waals surface area contributed by atoms with Crippen molar-refractivity contribution in [3.8, 4) is 5.75 Å². The quantitative estimate of drug-likeness (QED) is 0.545. The molecule has 0 unspecified atom stereocenters. The highest BCUT2D eigenvalue weighted by molar-refractivity contribution is 6.02. The van der Waals surface area contributed by atoms with E-state index in [1.54, 1.807) is 12.1 Å². The number of benzene rings is 1. The molecule has 0 saturated heterocycles. The monoisotopic (exact) mass is 327 g/mol. The number of phenolic OH excluding ortho intramolecular Hbond substituents is 1. The summed E-state index contributed by atoms with van der Waals surface area (Å²) in [5, 5.41) is 10.6. The van der Waals surface area contributed by atoms with E-state index in [2.05, 4.69) is 4.99 Å². The Kier molecular flexibility index (Phi) is 6.04. The number of hydrogen-bond acceptors (Lipinski definition) is 2. The van der Waals surface area contributed by atoms with Crippen LogP contribution >= 0.6 is 12.4 Å². The SMILES string of the molecule is CC(C)(C)c1cc(C(=O)N=C(N)N)cc(C(C)(C)C)c1O.Cl. The zero-order chi connectivity index (χ0) is 16.6. The maximum atomic E-state index is 12.1. The number of nitrogens with two attached hydrogens (primary N) is 2. The van der Waals surface area contributed by atoms with E-state index < -0.39 is 5.91 Å². The van der Waals surface area contributed by atoms with Crippen LogP contribution in [0.1, 0.15) is 63.0 Å². The van der Waals surface area contributed by atoms with Crippen LogP contribution in [0.2, 0.25) is 0 Å². The minimum Gasteiger partial charge on any atom is -0.507 e. The summed E-state index contributed by atoms with van der Waals surface area (Å²) in [6, 6.07) is 3.30. The molecular weight excluding hydrogens is 302 g/mol. The lowest BCUT2D eigenvalue weighted by Gasteiger charge is -2.27. The molecule has 22 heavy (non-hydrogen) atoms. The van der Waals surface area contributed by atoms with Crippen LogP contribution in [0.25, 0.3) is 0 Å². The first kappa shape index (κ1) is 20.2. The first-order valence-electron chi connectivity index (χ1n) is 6.86. The van der Waals surface area contributed by atoms with Crippen LogP contribution in [-0.4, -0.2) is 17.0 Å². The number of aliphatic imine (C=N–C) groups is 1. The Balaban J connectivity index is 0.00000441. The topological polar surface area (TPSA) is 102 Å². The number of carbonyl (C=O) groups excluding carboxylic acids is 1. The number of halogens is 1. The van der Waals surface area contributed by atoms with Crippen LogP contribution in [0.4, 0.5) is 0 Å². The third kappa shape index (κ3) is 4.63. The van der Waals surface area contributed by atoms with Gasteiger partial charge in [-0.1, -0.05) is 41.5 Å². The molecule has 0 aliphatic carbocycles. The lowest BCUT2D eigenvalue weighted by atomic mass is 9.78. The van der Waals surface area contributed by atoms with Gasteiger partial charge >= 0.3 is 0 Å². The molecule has 1 aromatic carbocycles. The van der Waals surface area contributed by atoms with Gasteiger partial charge in [-0.25, -0.2) is 0 Å². The van der Waals surface area contributed by atoms with Crippen LogP contribution in [-0.2, 0) is 10.8 Å². The highest BCUT2D eigenvalue weighted by Crippen LogP contribution is 2.39. The second-order valence-electron chi connectivity index (χ2n) is 7.26. The summed E-state index contributed by atoms with van der Waals surface area (Å²) < 4.78 is 0. The van der Waals surface area contributed by atoms with Gasteiger partial charge in [0.25, 0.3) is 5.91 Å². The van der Waals surface area contributed by atoms with E-state index in [0.717, 1.165) is 0 Å². The van der Waals surface area contributed by atoms with Crippen molar-refractivity contribution in [2.24, 2.45) is 16.5 Å². The second kappa shape index (κ2) is 6.57. The van der Waals surface area contributed by atoms with Crippen molar-refractivity contribution in [3.63, 3.8) is 0 Å². The van der Waals surface area contributed by atoms with Crippen molar-refractivity contribution in [3.05, 3.63) is 28.8 Å². The highest BCUT2D eigenvalue weighted by Gasteiger charge is 2.27. The number of nitrogens with zero attached hydrogens (tertiary/aromatic N) is 1. The number of rotatable bonds is 1. The van der Waals surface area contributed by atoms with Gasteiger partial charge in [-0.2, -0.15) is 4.99 Å². The van der Waals surface area contributed by atoms with Crippen LogP contribution in [0.15, 0.2) is 17.1 Å². The number of carbonyl (C=O) groups is 1. The van der Waals surface area contributed by atoms with Crippen molar-refractivity contribution in [1.82, 2.24) is 0 Å². The van der Waals surface area contributed by atoms with Crippen molar-refractivity contribution in [2.75, 3.05) is 0 Å². The van der Waals surface area contributed by atoms with Crippen molar-refractivity contribution >= 4 is 24.3 Å². The molecular formula is C16H26ClN3O2. The van der Waals surface area contributed by atoms with E-state index in [0.29, 0.717) is 16.7 Å². The Morgan fingerprint density at radius 3 is 1.64 bits per heavy atom. The number of hydrogen-bond donors (Lipinski definition) is 3. The molecule has 5 N–H and O–H groups in total. The molecule has 0 heterocycles. The largest absolute Gasteiger partial charge is 0.507 e. The fourth-order valence-corrected chi connectivity index (χ4v) is 2.08. The Morgan fingerprint density at radius 2 is 1.36 bits per heavy atom. The van der Waals surface area contributed by atoms with E-state index in [1.807, 2.05) is 41.5 Å². The summed E-state index contributed by atoms with van der Waals surface area (Å²) in [6.07, 6.45) is 0. The summed E-state index contributed by atoms with van der Waals surface area (Å²) in [4.78, 5) is 15.7. The Hall–Kier alpha value is -1.75. The molecule has 0 fully saturated rings. The van der Waals surface area contributed by atoms with Gasteiger partial charge in [-0.15, -0.1) is 12.4 Å². The molecule has 1 amide bonds. The predicted molar refractivity (Wildman–Crippen MR) is 92.9 cm³/mol. The van der Waals surface area contributed by atoms with Gasteiger partial charge < -0.3 is 16.6 Å². The fourth-order valence-electron chi connectivity index (χ4n) is 2.08. The molecule has 0 atom stereocenters. The molecule has 1 rings (SSSR count). The van der Waals surface area contributed by atoms with E-state index in [4.69, 9.17) is 11.5 Å². The van der Waals surface area contributed by atoms with Gasteiger partial charge in [0.1, 0.15) is 5.75 Å². The predicted octanol–water partition coefficient (Wildman–Crippen LogP) is 2.82. The fraction of sp³-hybridized carbons (Fsp3) is 0.500. The summed E-state index contributed by atoms with van der Waals surface area (Å²) in [7, 11) is 0. The van der Waals surface area contributed by atoms with Crippen molar-refractivity contribution in [2.45, 2.75) is 52.4 Å². The first-order valence-corrected chi connectivity index (χ1v) is 6.86. The molecule has 124 valence electrons. The maximum absolute atomic E-state index is 12.1. The van der Waals surface area contributed by atoms with Gasteiger partial charge in [0.2, 0.25) is 0 Å². The molecule has 0 saturated carbocycles. The molecule has 0 aromatic heterocycles. The van der Waals surface area contributed by atoms with Crippen LogP contribution in [0, 0.1) is 0 Å². The lowest BCUT2D eigenvalue weighted by molar-refractivity contribution is 0.100. The van der Waals surface area contributed by atoms with Crippen molar-refractivity contribution in [1.29, 1.82) is 0 Å². The smallest absolute Gasteiger partial charge is 0.280 e. The molecule has 0 aliphatic heterocycles. The zero-order valence-corrected chi connectivity index (χ0v) is 14.8. The molecule has 0 radical (unpaired) electrons. The van der Waals surface area contributed by atoms with E-state index >= 15 is 0 Å². The van der Waals surface area contributed by atoms with Crippen LogP contribution < -0.4 is 11.5 Å². The normalized spacial score (nSPS) is 11.5. The maximum Gasteiger partial charge on any atom is 0.280 e. The second-order valence-corrected chi connectivity index (χ2v) is 7.26. The third-order valence-corrected chi connectivity index (χ3v) is 3.20. The minimum atomic E-state index is -0.508. The van der Waals surface area contributed by atoms with Crippen molar-refractivity contribution < 1.29 is 9.90 Å². The Labute approximate surface area is 138 Å². The average molecular weight is 328 g/mol. The Bertz CT molecular complexity index is 557. The molecule has 0 aliphatic rings. The number of amides is 1. The van der Waals surface area contributed by atoms with E-state index in [-0.39, 0.29) is 34.9 Å². The zero-order valence-electron chi connectivity index (χ0n) is 14.0. The molecule has 5 nitrogen and oxygen atoms in total. The van der Waals surface area contributed by atoms with E-state index in [9.17, 15) is 9.90 Å². The van der Waals surface area contributed by atoms with Gasteiger partial charge in [0.05, 0.1) is 0 Å². The molecule has 6 heteroatoms. The van der Waals surface area contributed by atoms with Crippen LogP contribution in [0.5, 0.6) is 5.75 Å². The lowest BCUT2D eigenvalue weighted by Crippen LogP contribution is -2.24. The first-order chi connectivity index (χ1) is 9.34. The Morgan fingerprint density at radius 1 is 1.00 bits per heavy atom. The van der Waals surface area contributed by atoms with Crippen LogP contribution in [0.3, 0.4) is 0 Å². The summed E-state index contributed by atoms with van der Waals surface area (Å²) >= 11 is 0. The number of phenols is 1. The minimum absolute atomic E-state index is 0. The third-order valence-electron chi connectivity index (χ3n) is 3.20. The van der Waals surface area contributed by atoms with Gasteiger partial charge in [-0.05, 0) is 23.0 Å². The highest BCUT2D eigenvalue weighted by atomic mass is 35.5. The number of guanidine groups is 1. The van der Waals surface area contributed by atoms with E-state index in [1.165, 1.54) is 0 Å². The number of aromatic hydroxyl groups is 1. The summed E-state index contributed by atoms with van der Waals surface area (Å²) in [5.74, 6) is -0.565. The van der Waals surface area contributed by atoms with Gasteiger partial charge in [-0.3, -0.25) is 4.79 Å².